The molecule has 2 rings (SSSR count). The molecule has 17 heavy (non-hydrogen) atoms. The van der Waals surface area contributed by atoms with E-state index in [0.717, 1.165) is 5.92 Å². The van der Waals surface area contributed by atoms with Gasteiger partial charge in [-0.3, -0.25) is 4.79 Å². The molecule has 0 bridgehead atoms. The average Bonchev–Trinajstić information content (AvgIpc) is 3.12. The summed E-state index contributed by atoms with van der Waals surface area (Å²) in [5.74, 6) is 1.13. The third kappa shape index (κ3) is 4.66. The zero-order valence-electron chi connectivity index (χ0n) is 11.0. The second kappa shape index (κ2) is 6.39. The molecule has 0 atom stereocenters. The van der Waals surface area contributed by atoms with E-state index in [1.165, 1.54) is 51.4 Å². The molecule has 0 aromatic rings. The van der Waals surface area contributed by atoms with Crippen molar-refractivity contribution in [1.82, 2.24) is 10.6 Å². The molecule has 0 radical (unpaired) electrons. The summed E-state index contributed by atoms with van der Waals surface area (Å²) in [6.45, 7) is 2.78. The lowest BCUT2D eigenvalue weighted by molar-refractivity contribution is -0.120. The van der Waals surface area contributed by atoms with Crippen LogP contribution in [0.25, 0.3) is 0 Å². The second-order valence-electron chi connectivity index (χ2n) is 5.73. The Hall–Kier alpha value is -0.570. The van der Waals surface area contributed by atoms with Gasteiger partial charge < -0.3 is 10.6 Å². The van der Waals surface area contributed by atoms with Crippen LogP contribution in [0.1, 0.15) is 58.3 Å². The Morgan fingerprint density at radius 2 is 1.71 bits per heavy atom. The maximum Gasteiger partial charge on any atom is 0.234 e. The zero-order valence-corrected chi connectivity index (χ0v) is 11.0. The summed E-state index contributed by atoms with van der Waals surface area (Å²) in [5, 5.41) is 6.43. The maximum atomic E-state index is 11.5. The first-order valence-corrected chi connectivity index (χ1v) is 7.30. The van der Waals surface area contributed by atoms with Gasteiger partial charge in [0.2, 0.25) is 5.91 Å². The van der Waals surface area contributed by atoms with Crippen LogP contribution in [-0.4, -0.2) is 24.5 Å². The molecule has 0 aliphatic heterocycles. The molecule has 3 heteroatoms. The second-order valence-corrected chi connectivity index (χ2v) is 5.73. The Morgan fingerprint density at radius 1 is 1.06 bits per heavy atom. The quantitative estimate of drug-likeness (QED) is 0.745. The minimum absolute atomic E-state index is 0.184. The lowest BCUT2D eigenvalue weighted by atomic mass is 9.83. The molecule has 98 valence electrons. The fourth-order valence-corrected chi connectivity index (χ4v) is 2.81. The van der Waals surface area contributed by atoms with Crippen LogP contribution in [0, 0.1) is 5.92 Å². The molecule has 2 saturated carbocycles. The van der Waals surface area contributed by atoms with Crippen LogP contribution in [-0.2, 0) is 4.79 Å². The molecule has 2 aliphatic carbocycles. The zero-order chi connectivity index (χ0) is 12.1. The summed E-state index contributed by atoms with van der Waals surface area (Å²) in [6, 6.07) is 1.07. The highest BCUT2D eigenvalue weighted by atomic mass is 16.2. The minimum atomic E-state index is 0.184. The molecule has 1 amide bonds. The summed E-state index contributed by atoms with van der Waals surface area (Å²) < 4.78 is 0. The van der Waals surface area contributed by atoms with Crippen LogP contribution in [0.15, 0.2) is 0 Å². The topological polar surface area (TPSA) is 41.1 Å². The van der Waals surface area contributed by atoms with E-state index in [-0.39, 0.29) is 5.91 Å². The van der Waals surface area contributed by atoms with Crippen LogP contribution in [0.5, 0.6) is 0 Å². The summed E-state index contributed by atoms with van der Waals surface area (Å²) >= 11 is 0. The maximum absolute atomic E-state index is 11.5. The molecule has 2 aliphatic rings. The Kier molecular flexibility index (Phi) is 4.84. The standard InChI is InChI=1S/C14H26N2O/c1-2-3-11-4-6-12(7-5-11)15-10-14(17)16-13-8-9-13/h11-13,15H,2-10H2,1H3,(H,16,17). The molecule has 0 spiro atoms. The Bertz CT molecular complexity index is 243. The van der Waals surface area contributed by atoms with E-state index in [2.05, 4.69) is 17.6 Å². The van der Waals surface area contributed by atoms with Crippen molar-refractivity contribution < 1.29 is 4.79 Å². The fourth-order valence-electron chi connectivity index (χ4n) is 2.81. The number of carbonyl (C=O) groups excluding carboxylic acids is 1. The van der Waals surface area contributed by atoms with Gasteiger partial charge in [0, 0.05) is 12.1 Å². The highest BCUT2D eigenvalue weighted by molar-refractivity contribution is 5.78. The molecule has 0 heterocycles. The van der Waals surface area contributed by atoms with Crippen molar-refractivity contribution in [2.75, 3.05) is 6.54 Å². The number of hydrogen-bond acceptors (Lipinski definition) is 2. The van der Waals surface area contributed by atoms with Crippen LogP contribution in [0.2, 0.25) is 0 Å². The highest BCUT2D eigenvalue weighted by Gasteiger charge is 2.24. The summed E-state index contributed by atoms with van der Waals surface area (Å²) in [5.41, 5.74) is 0. The molecular formula is C14H26N2O. The average molecular weight is 238 g/mol. The van der Waals surface area contributed by atoms with Crippen molar-refractivity contribution in [3.05, 3.63) is 0 Å². The lowest BCUT2D eigenvalue weighted by Gasteiger charge is -2.28. The first kappa shape index (κ1) is 12.9. The van der Waals surface area contributed by atoms with Crippen molar-refractivity contribution in [1.29, 1.82) is 0 Å². The Morgan fingerprint density at radius 3 is 2.29 bits per heavy atom. The number of hydrogen-bond donors (Lipinski definition) is 2. The largest absolute Gasteiger partial charge is 0.352 e. The van der Waals surface area contributed by atoms with Crippen molar-refractivity contribution in [3.63, 3.8) is 0 Å². The van der Waals surface area contributed by atoms with Crippen molar-refractivity contribution >= 4 is 5.91 Å². The van der Waals surface area contributed by atoms with Gasteiger partial charge in [-0.1, -0.05) is 19.8 Å². The van der Waals surface area contributed by atoms with E-state index in [1.54, 1.807) is 0 Å². The van der Waals surface area contributed by atoms with E-state index in [4.69, 9.17) is 0 Å². The third-order valence-electron chi connectivity index (χ3n) is 4.04. The summed E-state index contributed by atoms with van der Waals surface area (Å²) in [7, 11) is 0. The number of amides is 1. The van der Waals surface area contributed by atoms with Gasteiger partial charge in [-0.2, -0.15) is 0 Å². The molecule has 0 aromatic carbocycles. The molecule has 3 nitrogen and oxygen atoms in total. The summed E-state index contributed by atoms with van der Waals surface area (Å²) in [6.07, 6.45) is 10.2. The molecule has 2 fully saturated rings. The molecular weight excluding hydrogens is 212 g/mol. The van der Waals surface area contributed by atoms with Gasteiger partial charge in [0.1, 0.15) is 0 Å². The fraction of sp³-hybridized carbons (Fsp3) is 0.929. The van der Waals surface area contributed by atoms with Crippen LogP contribution < -0.4 is 10.6 Å². The van der Waals surface area contributed by atoms with Gasteiger partial charge in [-0.05, 0) is 44.4 Å². The number of carbonyl (C=O) groups is 1. The van der Waals surface area contributed by atoms with E-state index in [9.17, 15) is 4.79 Å². The first-order chi connectivity index (χ1) is 8.28. The Labute approximate surface area is 105 Å². The van der Waals surface area contributed by atoms with Gasteiger partial charge in [0.15, 0.2) is 0 Å². The van der Waals surface area contributed by atoms with Crippen LogP contribution in [0.4, 0.5) is 0 Å². The van der Waals surface area contributed by atoms with E-state index >= 15 is 0 Å². The van der Waals surface area contributed by atoms with E-state index in [1.807, 2.05) is 0 Å². The number of rotatable bonds is 6. The monoisotopic (exact) mass is 238 g/mol. The van der Waals surface area contributed by atoms with Crippen molar-refractivity contribution in [3.8, 4) is 0 Å². The van der Waals surface area contributed by atoms with Crippen LogP contribution >= 0.6 is 0 Å². The molecule has 0 aromatic heterocycles. The van der Waals surface area contributed by atoms with Gasteiger partial charge in [0.05, 0.1) is 6.54 Å². The first-order valence-electron chi connectivity index (χ1n) is 7.30. The predicted octanol–water partition coefficient (Wildman–Crippen LogP) is 2.21. The van der Waals surface area contributed by atoms with Gasteiger partial charge in [0.25, 0.3) is 0 Å². The van der Waals surface area contributed by atoms with Crippen molar-refractivity contribution in [2.24, 2.45) is 5.92 Å². The number of nitrogens with one attached hydrogen (secondary N) is 2. The van der Waals surface area contributed by atoms with E-state index < -0.39 is 0 Å². The molecule has 0 saturated heterocycles. The third-order valence-corrected chi connectivity index (χ3v) is 4.04. The lowest BCUT2D eigenvalue weighted by Crippen LogP contribution is -2.41. The predicted molar refractivity (Wildman–Crippen MR) is 69.8 cm³/mol. The minimum Gasteiger partial charge on any atom is -0.352 e. The Balaban J connectivity index is 1.55. The smallest absolute Gasteiger partial charge is 0.234 e. The van der Waals surface area contributed by atoms with Crippen molar-refractivity contribution in [2.45, 2.75) is 70.4 Å². The van der Waals surface area contributed by atoms with Gasteiger partial charge in [-0.25, -0.2) is 0 Å². The SMILES string of the molecule is CCCC1CCC(NCC(=O)NC2CC2)CC1. The van der Waals surface area contributed by atoms with Gasteiger partial charge in [-0.15, -0.1) is 0 Å². The molecule has 2 N–H and O–H groups in total. The molecule has 0 unspecified atom stereocenters. The van der Waals surface area contributed by atoms with Crippen LogP contribution in [0.3, 0.4) is 0 Å². The summed E-state index contributed by atoms with van der Waals surface area (Å²) in [4.78, 5) is 11.5. The van der Waals surface area contributed by atoms with Gasteiger partial charge >= 0.3 is 0 Å². The highest BCUT2D eigenvalue weighted by Crippen LogP contribution is 2.27. The van der Waals surface area contributed by atoms with E-state index in [0.29, 0.717) is 18.6 Å². The normalized spacial score (nSPS) is 29.0.